The summed E-state index contributed by atoms with van der Waals surface area (Å²) in [7, 11) is 0.628. The van der Waals surface area contributed by atoms with Gasteiger partial charge in [0.25, 0.3) is 0 Å². The number of rotatable bonds is 20. The Hall–Kier alpha value is -5.08. The van der Waals surface area contributed by atoms with Crippen molar-refractivity contribution in [3.63, 3.8) is 0 Å². The third-order valence-electron chi connectivity index (χ3n) is 13.0. The van der Waals surface area contributed by atoms with Crippen LogP contribution in [0.2, 0.25) is 0 Å². The first-order valence-corrected chi connectivity index (χ1v) is 53.8. The maximum absolute atomic E-state index is 13.6. The van der Waals surface area contributed by atoms with Crippen LogP contribution in [-0.2, 0) is 81.5 Å². The Bertz CT molecular complexity index is 2960. The number of nitrogens with zero attached hydrogens (tertiary/aromatic N) is 2. The predicted molar refractivity (Wildman–Crippen MR) is 400 cm³/mol. The fraction of sp³-hybridized carbons (Fsp3) is 0.481. The second-order valence-electron chi connectivity index (χ2n) is 20.8. The topological polar surface area (TPSA) is 650 Å². The molecule has 101 heavy (non-hydrogen) atoms. The molecule has 0 saturated carbocycles. The molecule has 26 N–H and O–H groups in total. The van der Waals surface area contributed by atoms with Crippen molar-refractivity contribution in [2.24, 2.45) is 32.9 Å². The van der Waals surface area contributed by atoms with Crippen LogP contribution in [0.4, 0.5) is 0 Å². The molecule has 10 amide bonds. The van der Waals surface area contributed by atoms with Gasteiger partial charge in [-0.1, -0.05) is 60.7 Å². The molecule has 2 aromatic carbocycles. The van der Waals surface area contributed by atoms with E-state index >= 15 is 0 Å². The van der Waals surface area contributed by atoms with Crippen LogP contribution in [-0.4, -0.2) is 234 Å². The summed E-state index contributed by atoms with van der Waals surface area (Å²) in [6.07, 6.45) is -7.95. The van der Waals surface area contributed by atoms with Crippen molar-refractivity contribution in [1.82, 2.24) is 53.2 Å². The van der Waals surface area contributed by atoms with E-state index < -0.39 is 193 Å². The number of nitrogens with two attached hydrogens (primary N) is 4. The second kappa shape index (κ2) is 52.0. The number of aliphatic hydroxyl groups excluding tert-OH is 2. The van der Waals surface area contributed by atoms with Gasteiger partial charge in [-0.2, -0.15) is 0 Å². The molecule has 47 heteroatoms. The molecule has 10 atom stereocenters. The van der Waals surface area contributed by atoms with E-state index in [0.717, 1.165) is 23.5 Å². The SMILES string of the molecule is NC(N)=NCCCC1NC(=O)C(c2ccccc2)SCC(C(O)O)NC(=O)C(CC(=O)O)NC(=O)C(CC(=O)O)NC(=O)CNC1=O.NC(N)=NCCCC1NC(=O)C(c2ccccc2)SCC(C(O)O)NC(=O)C(CC(=O)O)NC(=O)C(CC(=O)O)NC(=O)CNC1=O.[I][V]([I])[I].[I][V][I]. The van der Waals surface area contributed by atoms with Crippen molar-refractivity contribution in [1.29, 1.82) is 0 Å². The van der Waals surface area contributed by atoms with Crippen LogP contribution in [0.25, 0.3) is 0 Å². The summed E-state index contributed by atoms with van der Waals surface area (Å²) >= 11 is 13.8. The monoisotopic (exact) mass is 2100 g/mol. The van der Waals surface area contributed by atoms with E-state index in [1.807, 2.05) is 0 Å². The summed E-state index contributed by atoms with van der Waals surface area (Å²) in [6.45, 7) is -1.31. The zero-order chi connectivity index (χ0) is 76.5. The van der Waals surface area contributed by atoms with E-state index in [1.165, 1.54) is 0 Å². The molecular formula is C54H76I5N16O22S2V2. The van der Waals surface area contributed by atoms with Gasteiger partial charge in [-0.05, 0) is 36.8 Å². The van der Waals surface area contributed by atoms with Gasteiger partial charge in [-0.3, -0.25) is 77.1 Å². The molecule has 2 heterocycles. The number of halogens is 5. The third kappa shape index (κ3) is 41.3. The van der Waals surface area contributed by atoms with E-state index in [4.69, 9.17) is 22.9 Å². The molecule has 0 radical (unpaired) electrons. The minimum absolute atomic E-state index is 0.00515. The van der Waals surface area contributed by atoms with E-state index in [1.54, 1.807) is 60.7 Å². The zero-order valence-corrected chi connectivity index (χ0v) is 67.9. The standard InChI is InChI=1S/2C27H38N8O11S.5HI.2V/c2*28-27(29)30-8-4-7-14-22(41)31-11-18(36)32-15(9-19(37)38)23(42)34-16(10-20(39)40)24(43)35-17(26(45)46)12-47-21(25(44)33-14)13-5-2-1-3-6-13;;;;;;;/h2*1-3,5-6,14-17,21,26,45-46H,4,7-12H2,(H,31,41)(H,32,36)(H,33,44)(H,34,42)(H,35,43)(H,37,38)(H,39,40)(H4,28,29,30);5*1H;;/q;;;;;;;+2;+3/p-5. The number of guanidine groups is 2. The quantitative estimate of drug-likeness (QED) is 0.0198. The van der Waals surface area contributed by atoms with Gasteiger partial charge in [0.2, 0.25) is 59.1 Å². The number of hydrogen-bond acceptors (Lipinski definition) is 22. The number of thioether (sulfide) groups is 2. The van der Waals surface area contributed by atoms with Crippen molar-refractivity contribution in [2.45, 2.75) is 123 Å². The van der Waals surface area contributed by atoms with Crippen molar-refractivity contribution < 1.29 is 122 Å². The summed E-state index contributed by atoms with van der Waals surface area (Å²) in [6, 6.07) is 3.60. The molecule has 38 nitrogen and oxygen atoms in total. The van der Waals surface area contributed by atoms with Crippen molar-refractivity contribution in [3.05, 3.63) is 71.8 Å². The zero-order valence-electron chi connectivity index (χ0n) is 52.7. The van der Waals surface area contributed by atoms with Gasteiger partial charge in [-0.15, -0.1) is 23.5 Å². The number of aliphatic imine (C=N–C) groups is 2. The molecule has 2 aliphatic rings. The van der Waals surface area contributed by atoms with Gasteiger partial charge in [0.1, 0.15) is 46.8 Å². The summed E-state index contributed by atoms with van der Waals surface area (Å²) in [5, 5.41) is 97.9. The first-order chi connectivity index (χ1) is 47.5. The van der Waals surface area contributed by atoms with Crippen LogP contribution < -0.4 is 76.1 Å². The second-order valence-corrected chi connectivity index (χ2v) is 70.2. The van der Waals surface area contributed by atoms with Gasteiger partial charge in [0.15, 0.2) is 24.5 Å². The summed E-state index contributed by atoms with van der Waals surface area (Å²) in [5.41, 5.74) is 22.3. The molecule has 4 rings (SSSR count). The van der Waals surface area contributed by atoms with Crippen LogP contribution in [0.5, 0.6) is 0 Å². The molecule has 0 aliphatic carbocycles. The van der Waals surface area contributed by atoms with Gasteiger partial charge >= 0.3 is 138 Å². The van der Waals surface area contributed by atoms with Gasteiger partial charge in [-0.25, -0.2) is 0 Å². The van der Waals surface area contributed by atoms with E-state index in [-0.39, 0.29) is 67.1 Å². The van der Waals surface area contributed by atoms with Gasteiger partial charge < -0.3 is 117 Å². The van der Waals surface area contributed by atoms with Gasteiger partial charge in [0, 0.05) is 24.6 Å². The van der Waals surface area contributed by atoms with Crippen LogP contribution in [0.3, 0.4) is 0 Å². The van der Waals surface area contributed by atoms with Crippen molar-refractivity contribution in [2.75, 3.05) is 37.7 Å². The minimum atomic E-state index is -2.22. The molecule has 2 fully saturated rings. The summed E-state index contributed by atoms with van der Waals surface area (Å²) in [5.74, 6) is -17.1. The normalized spacial score (nSPS) is 22.4. The first kappa shape index (κ1) is 93.9. The van der Waals surface area contributed by atoms with Crippen LogP contribution in [0, 0.1) is 0 Å². The number of benzene rings is 2. The Balaban J connectivity index is 0.000000924. The van der Waals surface area contributed by atoms with Gasteiger partial charge in [0.05, 0.1) is 50.9 Å². The fourth-order valence-corrected chi connectivity index (χ4v) is 10.9. The number of carboxylic acids is 4. The Morgan fingerprint density at radius 2 is 0.723 bits per heavy atom. The van der Waals surface area contributed by atoms with Crippen molar-refractivity contribution >= 4 is 218 Å². The van der Waals surface area contributed by atoms with Crippen LogP contribution in [0.1, 0.15) is 73.0 Å². The van der Waals surface area contributed by atoms with Crippen LogP contribution >= 0.6 is 123 Å². The molecule has 2 aliphatic heterocycles. The molecular weight excluding hydrogens is 2030 g/mol. The Morgan fingerprint density at radius 1 is 0.455 bits per heavy atom. The van der Waals surface area contributed by atoms with E-state index in [0.29, 0.717) is 20.6 Å². The molecule has 0 bridgehead atoms. The molecule has 10 unspecified atom stereocenters. The van der Waals surface area contributed by atoms with E-state index in [2.05, 4.69) is 163 Å². The third-order valence-corrected chi connectivity index (χ3v) is 15.8. The number of nitrogens with one attached hydrogen (secondary N) is 10. The number of carboxylic acid groups (broad SMARTS) is 4. The molecule has 561 valence electrons. The number of aliphatic carboxylic acids is 4. The van der Waals surface area contributed by atoms with E-state index in [9.17, 15) is 108 Å². The molecule has 2 saturated heterocycles. The summed E-state index contributed by atoms with van der Waals surface area (Å²) in [4.78, 5) is 184. The number of carbonyl (C=O) groups excluding carboxylic acids is 10. The number of amides is 10. The number of hydrogen-bond donors (Lipinski definition) is 22. The number of aliphatic hydroxyl groups is 4. The molecule has 2 aromatic rings. The van der Waals surface area contributed by atoms with Crippen molar-refractivity contribution in [3.8, 4) is 0 Å². The predicted octanol–water partition coefficient (Wildman–Crippen LogP) is -3.89. The fourth-order valence-electron chi connectivity index (χ4n) is 8.46. The summed E-state index contributed by atoms with van der Waals surface area (Å²) < 4.78 is 0. The number of carbonyl (C=O) groups is 14. The van der Waals surface area contributed by atoms with Crippen LogP contribution in [0.15, 0.2) is 70.6 Å². The Morgan fingerprint density at radius 3 is 0.990 bits per heavy atom. The first-order valence-electron chi connectivity index (χ1n) is 29.2. The Kier molecular flexibility index (Phi) is 48.3. The average molecular weight is 2100 g/mol. The maximum atomic E-state index is 13.6. The molecule has 0 spiro atoms. The Labute approximate surface area is 651 Å². The average Bonchev–Trinajstić information content (AvgIpc) is 0.856. The molecule has 0 aromatic heterocycles.